The average molecular weight is 344 g/mol. The lowest BCUT2D eigenvalue weighted by Gasteiger charge is -2.08. The normalized spacial score (nSPS) is 11.0. The average Bonchev–Trinajstić information content (AvgIpc) is 3.03. The van der Waals surface area contributed by atoms with Crippen molar-refractivity contribution in [3.8, 4) is 11.4 Å². The van der Waals surface area contributed by atoms with E-state index in [-0.39, 0.29) is 5.75 Å². The first kappa shape index (κ1) is 16.1. The van der Waals surface area contributed by atoms with Crippen LogP contribution in [0, 0.1) is 20.8 Å². The Balaban J connectivity index is 1.71. The van der Waals surface area contributed by atoms with Gasteiger partial charge in [-0.15, -0.1) is 10.2 Å². The van der Waals surface area contributed by atoms with Crippen LogP contribution in [0.4, 0.5) is 11.4 Å². The molecule has 1 heterocycles. The number of anilines is 2. The number of fused-ring (bicyclic) bond motifs is 1. The number of phenols is 1. The number of hydrogen-bond donors (Lipinski definition) is 2. The zero-order valence-electron chi connectivity index (χ0n) is 15.0. The third kappa shape index (κ3) is 2.99. The fraction of sp³-hybridized carbons (Fsp3) is 0.143. The third-order valence-electron chi connectivity index (χ3n) is 4.54. The van der Waals surface area contributed by atoms with E-state index in [9.17, 15) is 5.11 Å². The van der Waals surface area contributed by atoms with E-state index in [1.165, 1.54) is 16.7 Å². The first-order valence-electron chi connectivity index (χ1n) is 8.51. The maximum atomic E-state index is 9.39. The predicted molar refractivity (Wildman–Crippen MR) is 104 cm³/mol. The molecule has 4 aromatic rings. The second-order valence-electron chi connectivity index (χ2n) is 6.59. The number of nitrogens with one attached hydrogen (secondary N) is 1. The van der Waals surface area contributed by atoms with Crippen LogP contribution in [0.3, 0.4) is 0 Å². The number of aryl methyl sites for hydroxylation is 2. The number of phenolic OH excluding ortho intramolecular Hbond substituents is 1. The number of rotatable bonds is 3. The SMILES string of the molecule is Cc1cc(C)c(C)c(-n2nc3ccc(Nc4ccc(O)cc4)cc3n2)c1. The molecule has 4 rings (SSSR count). The van der Waals surface area contributed by atoms with Gasteiger partial charge < -0.3 is 10.4 Å². The fourth-order valence-electron chi connectivity index (χ4n) is 3.04. The molecular formula is C21H20N4O. The van der Waals surface area contributed by atoms with Gasteiger partial charge in [-0.1, -0.05) is 6.07 Å². The smallest absolute Gasteiger partial charge is 0.115 e. The minimum absolute atomic E-state index is 0.248. The van der Waals surface area contributed by atoms with Crippen molar-refractivity contribution >= 4 is 22.4 Å². The van der Waals surface area contributed by atoms with Crippen LogP contribution < -0.4 is 5.32 Å². The second kappa shape index (κ2) is 6.19. The molecule has 0 aliphatic carbocycles. The number of aromatic nitrogens is 3. The molecule has 5 nitrogen and oxygen atoms in total. The van der Waals surface area contributed by atoms with Crippen molar-refractivity contribution in [1.82, 2.24) is 15.0 Å². The van der Waals surface area contributed by atoms with E-state index in [0.29, 0.717) is 0 Å². The molecule has 0 saturated heterocycles. The zero-order chi connectivity index (χ0) is 18.3. The molecule has 1 aromatic heterocycles. The highest BCUT2D eigenvalue weighted by molar-refractivity contribution is 5.80. The molecule has 0 radical (unpaired) electrons. The first-order chi connectivity index (χ1) is 12.5. The van der Waals surface area contributed by atoms with Crippen molar-refractivity contribution in [2.75, 3.05) is 5.32 Å². The largest absolute Gasteiger partial charge is 0.508 e. The van der Waals surface area contributed by atoms with E-state index < -0.39 is 0 Å². The minimum Gasteiger partial charge on any atom is -0.508 e. The van der Waals surface area contributed by atoms with Crippen LogP contribution in [0.5, 0.6) is 5.75 Å². The standard InChI is InChI=1S/C21H20N4O/c1-13-10-14(2)15(3)21(11-13)25-23-19-9-6-17(12-20(19)24-25)22-16-4-7-18(26)8-5-16/h4-12,22,26H,1-3H3. The molecule has 0 aliphatic rings. The van der Waals surface area contributed by atoms with Crippen molar-refractivity contribution in [1.29, 1.82) is 0 Å². The van der Waals surface area contributed by atoms with Gasteiger partial charge >= 0.3 is 0 Å². The van der Waals surface area contributed by atoms with Gasteiger partial charge in [0.05, 0.1) is 5.69 Å². The third-order valence-corrected chi connectivity index (χ3v) is 4.54. The van der Waals surface area contributed by atoms with Gasteiger partial charge in [0.1, 0.15) is 16.8 Å². The summed E-state index contributed by atoms with van der Waals surface area (Å²) in [7, 11) is 0. The second-order valence-corrected chi connectivity index (χ2v) is 6.59. The monoisotopic (exact) mass is 344 g/mol. The highest BCUT2D eigenvalue weighted by Gasteiger charge is 2.10. The lowest BCUT2D eigenvalue weighted by molar-refractivity contribution is 0.475. The van der Waals surface area contributed by atoms with Crippen molar-refractivity contribution < 1.29 is 5.11 Å². The molecule has 130 valence electrons. The first-order valence-corrected chi connectivity index (χ1v) is 8.51. The van der Waals surface area contributed by atoms with Crippen LogP contribution in [-0.2, 0) is 0 Å². The number of nitrogens with zero attached hydrogens (tertiary/aromatic N) is 3. The summed E-state index contributed by atoms with van der Waals surface area (Å²) in [5.74, 6) is 0.248. The molecule has 0 aliphatic heterocycles. The molecule has 2 N–H and O–H groups in total. The van der Waals surface area contributed by atoms with Crippen LogP contribution in [0.15, 0.2) is 54.6 Å². The van der Waals surface area contributed by atoms with Gasteiger partial charge in [-0.25, -0.2) is 0 Å². The summed E-state index contributed by atoms with van der Waals surface area (Å²) in [5, 5.41) is 22.0. The topological polar surface area (TPSA) is 63.0 Å². The van der Waals surface area contributed by atoms with E-state index in [0.717, 1.165) is 28.1 Å². The lowest BCUT2D eigenvalue weighted by Crippen LogP contribution is -2.03. The Morgan fingerprint density at radius 3 is 2.27 bits per heavy atom. The molecule has 0 unspecified atom stereocenters. The molecule has 5 heteroatoms. The molecular weight excluding hydrogens is 324 g/mol. The maximum Gasteiger partial charge on any atom is 0.115 e. The van der Waals surface area contributed by atoms with Crippen LogP contribution >= 0.6 is 0 Å². The molecule has 0 spiro atoms. The summed E-state index contributed by atoms with van der Waals surface area (Å²) >= 11 is 0. The van der Waals surface area contributed by atoms with Gasteiger partial charge in [0.2, 0.25) is 0 Å². The van der Waals surface area contributed by atoms with E-state index >= 15 is 0 Å². The number of benzene rings is 3. The summed E-state index contributed by atoms with van der Waals surface area (Å²) in [6.45, 7) is 6.28. The van der Waals surface area contributed by atoms with Crippen molar-refractivity contribution in [3.63, 3.8) is 0 Å². The summed E-state index contributed by atoms with van der Waals surface area (Å²) in [6.07, 6.45) is 0. The van der Waals surface area contributed by atoms with Gasteiger partial charge in [-0.05, 0) is 86.0 Å². The molecule has 0 atom stereocenters. The van der Waals surface area contributed by atoms with Crippen LogP contribution in [0.2, 0.25) is 0 Å². The zero-order valence-corrected chi connectivity index (χ0v) is 15.0. The summed E-state index contributed by atoms with van der Waals surface area (Å²) < 4.78 is 0. The number of hydrogen-bond acceptors (Lipinski definition) is 4. The van der Waals surface area contributed by atoms with E-state index in [4.69, 9.17) is 0 Å². The Hall–Kier alpha value is -3.34. The maximum absolute atomic E-state index is 9.39. The van der Waals surface area contributed by atoms with Crippen LogP contribution in [0.25, 0.3) is 16.7 Å². The van der Waals surface area contributed by atoms with Crippen LogP contribution in [-0.4, -0.2) is 20.1 Å². The summed E-state index contributed by atoms with van der Waals surface area (Å²) in [5.41, 5.74) is 8.11. The van der Waals surface area contributed by atoms with Crippen LogP contribution in [0.1, 0.15) is 16.7 Å². The molecule has 0 saturated carbocycles. The highest BCUT2D eigenvalue weighted by Crippen LogP contribution is 2.24. The Morgan fingerprint density at radius 2 is 1.50 bits per heavy atom. The van der Waals surface area contributed by atoms with E-state index in [1.807, 2.05) is 30.3 Å². The Bertz CT molecular complexity index is 1100. The Kier molecular flexibility index (Phi) is 3.84. The molecule has 3 aromatic carbocycles. The van der Waals surface area contributed by atoms with Crippen molar-refractivity contribution in [2.45, 2.75) is 20.8 Å². The van der Waals surface area contributed by atoms with E-state index in [2.05, 4.69) is 48.4 Å². The molecule has 0 amide bonds. The fourth-order valence-corrected chi connectivity index (χ4v) is 3.04. The van der Waals surface area contributed by atoms with Crippen molar-refractivity contribution in [2.24, 2.45) is 0 Å². The summed E-state index contributed by atoms with van der Waals surface area (Å²) in [4.78, 5) is 1.71. The van der Waals surface area contributed by atoms with Gasteiger partial charge in [0.25, 0.3) is 0 Å². The Labute approximate surface area is 151 Å². The van der Waals surface area contributed by atoms with Gasteiger partial charge in [-0.2, -0.15) is 4.80 Å². The van der Waals surface area contributed by atoms with Gasteiger partial charge in [0.15, 0.2) is 0 Å². The predicted octanol–water partition coefficient (Wildman–Crippen LogP) is 4.79. The van der Waals surface area contributed by atoms with Gasteiger partial charge in [0, 0.05) is 11.4 Å². The quantitative estimate of drug-likeness (QED) is 0.524. The molecule has 0 fully saturated rings. The Morgan fingerprint density at radius 1 is 0.808 bits per heavy atom. The number of aromatic hydroxyl groups is 1. The summed E-state index contributed by atoms with van der Waals surface area (Å²) in [6, 6.07) is 17.1. The van der Waals surface area contributed by atoms with Crippen molar-refractivity contribution in [3.05, 3.63) is 71.3 Å². The van der Waals surface area contributed by atoms with Gasteiger partial charge in [-0.3, -0.25) is 0 Å². The van der Waals surface area contributed by atoms with E-state index in [1.54, 1.807) is 16.9 Å². The lowest BCUT2D eigenvalue weighted by atomic mass is 10.1. The highest BCUT2D eigenvalue weighted by atomic mass is 16.3. The molecule has 26 heavy (non-hydrogen) atoms. The molecule has 0 bridgehead atoms. The minimum atomic E-state index is 0.248.